The lowest BCUT2D eigenvalue weighted by Gasteiger charge is -2.36. The van der Waals surface area contributed by atoms with E-state index in [0.29, 0.717) is 18.8 Å². The van der Waals surface area contributed by atoms with Gasteiger partial charge in [-0.25, -0.2) is 0 Å². The second-order valence-electron chi connectivity index (χ2n) is 6.94. The first-order valence-corrected chi connectivity index (χ1v) is 9.14. The second-order valence-corrected chi connectivity index (χ2v) is 6.94. The molecule has 0 saturated carbocycles. The molecular formula is C19H30N4O2. The Bertz CT molecular complexity index is 540. The number of carbonyl (C=O) groups excluding carboxylic acids is 2. The molecule has 0 atom stereocenters. The highest BCUT2D eigenvalue weighted by atomic mass is 16.2. The summed E-state index contributed by atoms with van der Waals surface area (Å²) in [5.74, 6) is 0.220. The molecule has 25 heavy (non-hydrogen) atoms. The third-order valence-corrected chi connectivity index (χ3v) is 4.44. The fourth-order valence-electron chi connectivity index (χ4n) is 2.81. The average molecular weight is 346 g/mol. The van der Waals surface area contributed by atoms with E-state index < -0.39 is 0 Å². The van der Waals surface area contributed by atoms with Gasteiger partial charge >= 0.3 is 0 Å². The van der Waals surface area contributed by atoms with Gasteiger partial charge < -0.3 is 4.90 Å². The van der Waals surface area contributed by atoms with Crippen molar-refractivity contribution in [1.29, 1.82) is 0 Å². The van der Waals surface area contributed by atoms with Crippen molar-refractivity contribution in [2.24, 2.45) is 5.92 Å². The van der Waals surface area contributed by atoms with Gasteiger partial charge in [-0.05, 0) is 24.5 Å². The van der Waals surface area contributed by atoms with Crippen molar-refractivity contribution in [1.82, 2.24) is 15.8 Å². The Morgan fingerprint density at radius 1 is 0.960 bits per heavy atom. The van der Waals surface area contributed by atoms with Crippen molar-refractivity contribution in [3.05, 3.63) is 30.3 Å². The summed E-state index contributed by atoms with van der Waals surface area (Å²) in [4.78, 5) is 28.1. The number of nitrogens with one attached hydrogen (secondary N) is 2. The molecule has 1 aromatic carbocycles. The molecule has 0 aliphatic carbocycles. The van der Waals surface area contributed by atoms with E-state index in [9.17, 15) is 9.59 Å². The maximum atomic E-state index is 11.9. The van der Waals surface area contributed by atoms with Crippen LogP contribution in [0.3, 0.4) is 0 Å². The Kier molecular flexibility index (Phi) is 7.73. The standard InChI is InChI=1S/C19H30N4O2/c1-16(2)8-9-18(24)20-21-19(25)10-11-22-12-14-23(15-13-22)17-6-4-3-5-7-17/h3-7,16H,8-15H2,1-2H3,(H,20,24)(H,21,25). The number of hydrogen-bond donors (Lipinski definition) is 2. The van der Waals surface area contributed by atoms with Gasteiger partial charge in [0.05, 0.1) is 0 Å². The lowest BCUT2D eigenvalue weighted by atomic mass is 10.1. The molecule has 1 aliphatic heterocycles. The first kappa shape index (κ1) is 19.2. The maximum absolute atomic E-state index is 11.9. The molecule has 0 spiro atoms. The van der Waals surface area contributed by atoms with Gasteiger partial charge in [0.15, 0.2) is 0 Å². The minimum absolute atomic E-state index is 0.126. The molecule has 1 fully saturated rings. The minimum atomic E-state index is -0.136. The van der Waals surface area contributed by atoms with Crippen LogP contribution in [0.25, 0.3) is 0 Å². The van der Waals surface area contributed by atoms with Gasteiger partial charge in [-0.15, -0.1) is 0 Å². The maximum Gasteiger partial charge on any atom is 0.239 e. The summed E-state index contributed by atoms with van der Waals surface area (Å²) in [6.07, 6.45) is 1.67. The van der Waals surface area contributed by atoms with Gasteiger partial charge in [0, 0.05) is 51.3 Å². The van der Waals surface area contributed by atoms with Crippen molar-refractivity contribution in [2.45, 2.75) is 33.1 Å². The molecule has 1 saturated heterocycles. The van der Waals surface area contributed by atoms with E-state index >= 15 is 0 Å². The van der Waals surface area contributed by atoms with Crippen molar-refractivity contribution in [2.75, 3.05) is 37.6 Å². The number of nitrogens with zero attached hydrogens (tertiary/aromatic N) is 2. The number of rotatable bonds is 7. The van der Waals surface area contributed by atoms with Crippen LogP contribution in [-0.2, 0) is 9.59 Å². The summed E-state index contributed by atoms with van der Waals surface area (Å²) < 4.78 is 0. The number of hydrogen-bond acceptors (Lipinski definition) is 4. The Morgan fingerprint density at radius 3 is 2.16 bits per heavy atom. The van der Waals surface area contributed by atoms with E-state index in [4.69, 9.17) is 0 Å². The van der Waals surface area contributed by atoms with Crippen molar-refractivity contribution in [3.63, 3.8) is 0 Å². The first-order chi connectivity index (χ1) is 12.0. The smallest absolute Gasteiger partial charge is 0.239 e. The molecule has 138 valence electrons. The predicted molar refractivity (Wildman–Crippen MR) is 100 cm³/mol. The lowest BCUT2D eigenvalue weighted by Crippen LogP contribution is -2.48. The summed E-state index contributed by atoms with van der Waals surface area (Å²) >= 11 is 0. The van der Waals surface area contributed by atoms with Crippen LogP contribution in [0.1, 0.15) is 33.1 Å². The van der Waals surface area contributed by atoms with Crippen molar-refractivity contribution >= 4 is 17.5 Å². The molecule has 1 aliphatic rings. The van der Waals surface area contributed by atoms with Crippen LogP contribution in [-0.4, -0.2) is 49.4 Å². The van der Waals surface area contributed by atoms with E-state index in [2.05, 4.69) is 58.8 Å². The zero-order valence-corrected chi connectivity index (χ0v) is 15.3. The highest BCUT2D eigenvalue weighted by molar-refractivity contribution is 5.81. The van der Waals surface area contributed by atoms with Crippen LogP contribution >= 0.6 is 0 Å². The third-order valence-electron chi connectivity index (χ3n) is 4.44. The fourth-order valence-corrected chi connectivity index (χ4v) is 2.81. The largest absolute Gasteiger partial charge is 0.369 e. The summed E-state index contributed by atoms with van der Waals surface area (Å²) in [5.41, 5.74) is 6.25. The first-order valence-electron chi connectivity index (χ1n) is 9.14. The van der Waals surface area contributed by atoms with Crippen molar-refractivity contribution in [3.8, 4) is 0 Å². The molecule has 0 aromatic heterocycles. The Hall–Kier alpha value is -2.08. The molecular weight excluding hydrogens is 316 g/mol. The van der Waals surface area contributed by atoms with Crippen LogP contribution in [0, 0.1) is 5.92 Å². The minimum Gasteiger partial charge on any atom is -0.369 e. The molecule has 1 heterocycles. The fraction of sp³-hybridized carbons (Fsp3) is 0.579. The van der Waals surface area contributed by atoms with Crippen LogP contribution < -0.4 is 15.8 Å². The van der Waals surface area contributed by atoms with Gasteiger partial charge in [-0.2, -0.15) is 0 Å². The average Bonchev–Trinajstić information content (AvgIpc) is 2.64. The molecule has 0 unspecified atom stereocenters. The Morgan fingerprint density at radius 2 is 1.56 bits per heavy atom. The van der Waals surface area contributed by atoms with E-state index in [1.54, 1.807) is 0 Å². The molecule has 6 heteroatoms. The molecule has 2 N–H and O–H groups in total. The SMILES string of the molecule is CC(C)CCC(=O)NNC(=O)CCN1CCN(c2ccccc2)CC1. The van der Waals surface area contributed by atoms with Crippen molar-refractivity contribution < 1.29 is 9.59 Å². The topological polar surface area (TPSA) is 64.7 Å². The van der Waals surface area contributed by atoms with E-state index in [0.717, 1.165) is 39.1 Å². The van der Waals surface area contributed by atoms with Crippen LogP contribution in [0.4, 0.5) is 5.69 Å². The van der Waals surface area contributed by atoms with Gasteiger partial charge in [0.1, 0.15) is 0 Å². The van der Waals surface area contributed by atoms with Crippen LogP contribution in [0.15, 0.2) is 30.3 Å². The molecule has 0 radical (unpaired) electrons. The Labute approximate surface area is 150 Å². The van der Waals surface area contributed by atoms with E-state index in [1.165, 1.54) is 5.69 Å². The van der Waals surface area contributed by atoms with Gasteiger partial charge in [-0.3, -0.25) is 25.3 Å². The van der Waals surface area contributed by atoms with Crippen LogP contribution in [0.5, 0.6) is 0 Å². The van der Waals surface area contributed by atoms with E-state index in [-0.39, 0.29) is 11.8 Å². The number of benzene rings is 1. The number of anilines is 1. The summed E-state index contributed by atoms with van der Waals surface area (Å²) in [6, 6.07) is 10.4. The number of carbonyl (C=O) groups is 2. The number of amides is 2. The van der Waals surface area contributed by atoms with Gasteiger partial charge in [-0.1, -0.05) is 32.0 Å². The number of hydrazine groups is 1. The summed E-state index contributed by atoms with van der Waals surface area (Å²) in [5, 5.41) is 0. The molecule has 1 aromatic rings. The Balaban J connectivity index is 1.59. The predicted octanol–water partition coefficient (Wildman–Crippen LogP) is 1.78. The summed E-state index contributed by atoms with van der Waals surface area (Å²) in [6.45, 7) is 8.70. The van der Waals surface area contributed by atoms with Gasteiger partial charge in [0.25, 0.3) is 0 Å². The molecule has 2 rings (SSSR count). The molecule has 2 amide bonds. The normalized spacial score (nSPS) is 15.2. The monoisotopic (exact) mass is 346 g/mol. The lowest BCUT2D eigenvalue weighted by molar-refractivity contribution is -0.129. The third kappa shape index (κ3) is 7.13. The quantitative estimate of drug-likeness (QED) is 0.739. The highest BCUT2D eigenvalue weighted by Gasteiger charge is 2.17. The molecule has 6 nitrogen and oxygen atoms in total. The van der Waals surface area contributed by atoms with Gasteiger partial charge in [0.2, 0.25) is 11.8 Å². The zero-order chi connectivity index (χ0) is 18.1. The molecule has 0 bridgehead atoms. The number of piperazine rings is 1. The summed E-state index contributed by atoms with van der Waals surface area (Å²) in [7, 11) is 0. The zero-order valence-electron chi connectivity index (χ0n) is 15.3. The number of para-hydroxylation sites is 1. The van der Waals surface area contributed by atoms with E-state index in [1.807, 2.05) is 6.07 Å². The second kappa shape index (κ2) is 10.0. The van der Waals surface area contributed by atoms with Crippen LogP contribution in [0.2, 0.25) is 0 Å². The highest BCUT2D eigenvalue weighted by Crippen LogP contribution is 2.15.